The van der Waals surface area contributed by atoms with Crippen LogP contribution < -0.4 is 0 Å². The Balaban J connectivity index is 2.74. The Bertz CT molecular complexity index is 759. The van der Waals surface area contributed by atoms with Gasteiger partial charge >= 0.3 is 5.97 Å². The smallest absolute Gasteiger partial charge is 0.336 e. The van der Waals surface area contributed by atoms with Crippen molar-refractivity contribution in [1.82, 2.24) is 4.57 Å². The number of aromatic carboxylic acids is 1. The molecule has 0 spiro atoms. The van der Waals surface area contributed by atoms with Crippen molar-refractivity contribution in [2.75, 3.05) is 5.75 Å². The van der Waals surface area contributed by atoms with E-state index in [1.807, 2.05) is 17.6 Å². The molecule has 0 unspecified atom stereocenters. The third-order valence-corrected chi connectivity index (χ3v) is 5.00. The fourth-order valence-electron chi connectivity index (χ4n) is 2.33. The van der Waals surface area contributed by atoms with Crippen molar-refractivity contribution < 1.29 is 18.3 Å². The van der Waals surface area contributed by atoms with E-state index >= 15 is 0 Å². The Hall–Kier alpha value is -1.82. The number of rotatable bonds is 5. The molecule has 0 atom stereocenters. The summed E-state index contributed by atoms with van der Waals surface area (Å²) < 4.78 is 25.5. The maximum Gasteiger partial charge on any atom is 0.336 e. The summed E-state index contributed by atoms with van der Waals surface area (Å²) in [6.07, 6.45) is 1.74. The molecule has 0 radical (unpaired) electrons. The zero-order valence-electron chi connectivity index (χ0n) is 11.5. The standard InChI is InChI=1S/C14H17NO4S/c1-3-15-8-10(9-20(18,19)4-2)13-11(14(16)17)6-5-7-12(13)15/h5-8H,3-4,9H2,1-2H3,(H,16,17). The molecule has 0 saturated carbocycles. The maximum absolute atomic E-state index is 11.8. The molecule has 1 aromatic heterocycles. The summed E-state index contributed by atoms with van der Waals surface area (Å²) in [6.45, 7) is 4.18. The van der Waals surface area contributed by atoms with Crippen LogP contribution in [0.5, 0.6) is 0 Å². The first-order valence-corrected chi connectivity index (χ1v) is 8.26. The van der Waals surface area contributed by atoms with Crippen LogP contribution in [0.25, 0.3) is 10.9 Å². The fraction of sp³-hybridized carbons (Fsp3) is 0.357. The third kappa shape index (κ3) is 2.56. The summed E-state index contributed by atoms with van der Waals surface area (Å²) in [4.78, 5) is 11.3. The first-order chi connectivity index (χ1) is 9.39. The number of nitrogens with zero attached hydrogens (tertiary/aromatic N) is 1. The number of hydrogen-bond acceptors (Lipinski definition) is 3. The number of carboxylic acids is 1. The van der Waals surface area contributed by atoms with Gasteiger partial charge in [0.15, 0.2) is 9.84 Å². The number of hydrogen-bond donors (Lipinski definition) is 1. The van der Waals surface area contributed by atoms with Crippen LogP contribution in [0, 0.1) is 0 Å². The van der Waals surface area contributed by atoms with Crippen molar-refractivity contribution in [3.05, 3.63) is 35.5 Å². The quantitative estimate of drug-likeness (QED) is 0.918. The van der Waals surface area contributed by atoms with E-state index in [1.54, 1.807) is 19.2 Å². The topological polar surface area (TPSA) is 76.4 Å². The number of carbonyl (C=O) groups is 1. The SMILES string of the molecule is CCn1cc(CS(=O)(=O)CC)c2c(C(=O)O)cccc21. The molecule has 0 aliphatic heterocycles. The van der Waals surface area contributed by atoms with Gasteiger partial charge < -0.3 is 9.67 Å². The number of fused-ring (bicyclic) bond motifs is 1. The van der Waals surface area contributed by atoms with E-state index < -0.39 is 15.8 Å². The summed E-state index contributed by atoms with van der Waals surface area (Å²) in [5.74, 6) is -1.13. The molecule has 6 heteroatoms. The van der Waals surface area contributed by atoms with Gasteiger partial charge in [-0.2, -0.15) is 0 Å². The van der Waals surface area contributed by atoms with Gasteiger partial charge in [0.2, 0.25) is 0 Å². The minimum absolute atomic E-state index is 0.0427. The number of sulfone groups is 1. The van der Waals surface area contributed by atoms with E-state index in [0.29, 0.717) is 17.5 Å². The van der Waals surface area contributed by atoms with Crippen molar-refractivity contribution in [3.8, 4) is 0 Å². The lowest BCUT2D eigenvalue weighted by Crippen LogP contribution is -2.07. The molecule has 0 fully saturated rings. The van der Waals surface area contributed by atoms with Gasteiger partial charge in [-0.25, -0.2) is 13.2 Å². The minimum atomic E-state index is -3.21. The van der Waals surface area contributed by atoms with E-state index in [1.165, 1.54) is 6.07 Å². The molecule has 1 aromatic carbocycles. The first-order valence-electron chi connectivity index (χ1n) is 6.44. The molecule has 108 valence electrons. The van der Waals surface area contributed by atoms with Crippen molar-refractivity contribution >= 4 is 26.7 Å². The van der Waals surface area contributed by atoms with Crippen LogP contribution in [-0.2, 0) is 22.1 Å². The molecular weight excluding hydrogens is 278 g/mol. The number of carboxylic acid groups (broad SMARTS) is 1. The second-order valence-corrected chi connectivity index (χ2v) is 6.97. The Morgan fingerprint density at radius 2 is 2.00 bits per heavy atom. The van der Waals surface area contributed by atoms with Crippen LogP contribution in [0.4, 0.5) is 0 Å². The molecule has 5 nitrogen and oxygen atoms in total. The van der Waals surface area contributed by atoms with E-state index in [4.69, 9.17) is 0 Å². The highest BCUT2D eigenvalue weighted by Crippen LogP contribution is 2.27. The van der Waals surface area contributed by atoms with Crippen LogP contribution in [-0.4, -0.2) is 29.8 Å². The lowest BCUT2D eigenvalue weighted by atomic mass is 10.1. The highest BCUT2D eigenvalue weighted by Gasteiger charge is 2.19. The molecule has 0 saturated heterocycles. The van der Waals surface area contributed by atoms with Gasteiger partial charge in [-0.1, -0.05) is 13.0 Å². The molecule has 0 bridgehead atoms. The van der Waals surface area contributed by atoms with Gasteiger partial charge in [0.25, 0.3) is 0 Å². The van der Waals surface area contributed by atoms with E-state index in [0.717, 1.165) is 5.52 Å². The van der Waals surface area contributed by atoms with Crippen molar-refractivity contribution in [3.63, 3.8) is 0 Å². The van der Waals surface area contributed by atoms with Gasteiger partial charge in [0.05, 0.1) is 11.3 Å². The summed E-state index contributed by atoms with van der Waals surface area (Å²) in [5.41, 5.74) is 1.46. The second-order valence-electron chi connectivity index (χ2n) is 4.62. The minimum Gasteiger partial charge on any atom is -0.478 e. The molecule has 0 aliphatic rings. The van der Waals surface area contributed by atoms with Crippen LogP contribution in [0.1, 0.15) is 29.8 Å². The van der Waals surface area contributed by atoms with Gasteiger partial charge in [0.1, 0.15) is 0 Å². The largest absolute Gasteiger partial charge is 0.478 e. The average Bonchev–Trinajstić information content (AvgIpc) is 2.76. The van der Waals surface area contributed by atoms with Gasteiger partial charge in [0, 0.05) is 29.4 Å². The van der Waals surface area contributed by atoms with Gasteiger partial charge in [-0.15, -0.1) is 0 Å². The first kappa shape index (κ1) is 14.6. The summed E-state index contributed by atoms with van der Waals surface area (Å²) in [5, 5.41) is 9.81. The molecule has 1 N–H and O–H groups in total. The predicted octanol–water partition coefficient (Wildman–Crippen LogP) is 2.29. The van der Waals surface area contributed by atoms with E-state index in [-0.39, 0.29) is 17.1 Å². The zero-order valence-corrected chi connectivity index (χ0v) is 12.3. The number of aromatic nitrogens is 1. The number of aryl methyl sites for hydroxylation is 1. The molecule has 0 amide bonds. The lowest BCUT2D eigenvalue weighted by Gasteiger charge is -2.03. The summed E-state index contributed by atoms with van der Waals surface area (Å²) in [7, 11) is -3.21. The Morgan fingerprint density at radius 1 is 1.30 bits per heavy atom. The zero-order chi connectivity index (χ0) is 14.9. The van der Waals surface area contributed by atoms with Crippen molar-refractivity contribution in [2.24, 2.45) is 0 Å². The third-order valence-electron chi connectivity index (χ3n) is 3.37. The molecule has 1 heterocycles. The van der Waals surface area contributed by atoms with Crippen molar-refractivity contribution in [2.45, 2.75) is 26.1 Å². The normalized spacial score (nSPS) is 11.9. The highest BCUT2D eigenvalue weighted by atomic mass is 32.2. The summed E-state index contributed by atoms with van der Waals surface area (Å²) in [6, 6.07) is 5.00. The Labute approximate surface area is 117 Å². The van der Waals surface area contributed by atoms with Gasteiger partial charge in [-0.05, 0) is 24.6 Å². The van der Waals surface area contributed by atoms with Gasteiger partial charge in [-0.3, -0.25) is 0 Å². The fourth-order valence-corrected chi connectivity index (χ4v) is 3.22. The molecule has 2 rings (SSSR count). The molecule has 2 aromatic rings. The maximum atomic E-state index is 11.8. The lowest BCUT2D eigenvalue weighted by molar-refractivity contribution is 0.0699. The van der Waals surface area contributed by atoms with Crippen LogP contribution >= 0.6 is 0 Å². The van der Waals surface area contributed by atoms with Crippen LogP contribution in [0.3, 0.4) is 0 Å². The molecule has 20 heavy (non-hydrogen) atoms. The summed E-state index contributed by atoms with van der Waals surface area (Å²) >= 11 is 0. The number of benzene rings is 1. The molecular formula is C14H17NO4S. The monoisotopic (exact) mass is 295 g/mol. The van der Waals surface area contributed by atoms with E-state index in [2.05, 4.69) is 0 Å². The average molecular weight is 295 g/mol. The Morgan fingerprint density at radius 3 is 2.55 bits per heavy atom. The Kier molecular flexibility index (Phi) is 3.85. The highest BCUT2D eigenvalue weighted by molar-refractivity contribution is 7.90. The second kappa shape index (κ2) is 5.28. The van der Waals surface area contributed by atoms with Crippen LogP contribution in [0.2, 0.25) is 0 Å². The predicted molar refractivity (Wildman–Crippen MR) is 77.7 cm³/mol. The van der Waals surface area contributed by atoms with E-state index in [9.17, 15) is 18.3 Å². The van der Waals surface area contributed by atoms with Crippen molar-refractivity contribution in [1.29, 1.82) is 0 Å². The van der Waals surface area contributed by atoms with Crippen LogP contribution in [0.15, 0.2) is 24.4 Å². The molecule has 0 aliphatic carbocycles.